The summed E-state index contributed by atoms with van der Waals surface area (Å²) >= 11 is 2.65. The van der Waals surface area contributed by atoms with Crippen LogP contribution in [-0.2, 0) is 0 Å². The van der Waals surface area contributed by atoms with Crippen molar-refractivity contribution in [2.45, 2.75) is 62.0 Å². The van der Waals surface area contributed by atoms with Crippen molar-refractivity contribution in [1.29, 1.82) is 5.41 Å². The van der Waals surface area contributed by atoms with Gasteiger partial charge in [-0.3, -0.25) is 10.3 Å². The lowest BCUT2D eigenvalue weighted by Gasteiger charge is -2.47. The Morgan fingerprint density at radius 3 is 3.09 bits per heavy atom. The van der Waals surface area contributed by atoms with E-state index in [9.17, 15) is 0 Å². The smallest absolute Gasteiger partial charge is 0.206 e. The number of nitrogens with zero attached hydrogens (tertiary/aromatic N) is 3. The van der Waals surface area contributed by atoms with E-state index in [0.29, 0.717) is 5.84 Å². The standard InChI is InChI=1S/C17H26IN5/c1-3-8-17(18)9-4-5-11-23(17)16-21-13(2)6-7-14-15(19)20-10-12-22(14)16/h7,10,12-13H,3-6,8-9,11H2,1-2H3,(H2,19,20). The fraction of sp³-hybridized carbons (Fsp3) is 0.647. The number of aliphatic imine (C=N–C) groups is 1. The van der Waals surface area contributed by atoms with E-state index >= 15 is 0 Å². The summed E-state index contributed by atoms with van der Waals surface area (Å²) in [5, 5.41) is 11.2. The second-order valence-electron chi connectivity index (χ2n) is 6.59. The van der Waals surface area contributed by atoms with Crippen LogP contribution in [0.25, 0.3) is 0 Å². The molecule has 2 atom stereocenters. The van der Waals surface area contributed by atoms with Gasteiger partial charge in [-0.05, 0) is 39.0 Å². The molecule has 0 radical (unpaired) electrons. The van der Waals surface area contributed by atoms with E-state index in [1.54, 1.807) is 0 Å². The van der Waals surface area contributed by atoms with Gasteiger partial charge in [-0.15, -0.1) is 0 Å². The van der Waals surface area contributed by atoms with E-state index < -0.39 is 0 Å². The monoisotopic (exact) mass is 427 g/mol. The van der Waals surface area contributed by atoms with Gasteiger partial charge in [0.05, 0.1) is 15.3 Å². The highest BCUT2D eigenvalue weighted by atomic mass is 127. The van der Waals surface area contributed by atoms with Crippen LogP contribution in [0.4, 0.5) is 0 Å². The highest BCUT2D eigenvalue weighted by Crippen LogP contribution is 2.40. The molecule has 2 N–H and O–H groups in total. The van der Waals surface area contributed by atoms with Crippen LogP contribution in [0.15, 0.2) is 29.2 Å². The number of hydrogen-bond donors (Lipinski definition) is 2. The predicted octanol–water partition coefficient (Wildman–Crippen LogP) is 3.79. The quantitative estimate of drug-likeness (QED) is 0.401. The number of likely N-dealkylation sites (tertiary alicyclic amines) is 1. The Labute approximate surface area is 152 Å². The van der Waals surface area contributed by atoms with Gasteiger partial charge in [0.2, 0.25) is 5.96 Å². The zero-order valence-corrected chi connectivity index (χ0v) is 16.1. The van der Waals surface area contributed by atoms with Gasteiger partial charge in [-0.1, -0.05) is 42.0 Å². The number of amidine groups is 1. The Hall–Kier alpha value is -1.05. The van der Waals surface area contributed by atoms with E-state index in [1.807, 2.05) is 12.4 Å². The normalized spacial score (nSPS) is 31.1. The highest BCUT2D eigenvalue weighted by molar-refractivity contribution is 14.1. The van der Waals surface area contributed by atoms with Gasteiger partial charge in [0, 0.05) is 18.9 Å². The average molecular weight is 427 g/mol. The molecule has 0 aromatic rings. The van der Waals surface area contributed by atoms with Gasteiger partial charge < -0.3 is 10.2 Å². The molecule has 2 unspecified atom stereocenters. The van der Waals surface area contributed by atoms with Crippen LogP contribution in [0.3, 0.4) is 0 Å². The van der Waals surface area contributed by atoms with Crippen LogP contribution in [0.5, 0.6) is 0 Å². The number of hydrogen-bond acceptors (Lipinski definition) is 4. The molecule has 126 valence electrons. The molecule has 23 heavy (non-hydrogen) atoms. The molecule has 0 amide bonds. The topological polar surface area (TPSA) is 54.7 Å². The summed E-state index contributed by atoms with van der Waals surface area (Å²) < 4.78 is 0.139. The van der Waals surface area contributed by atoms with E-state index in [0.717, 1.165) is 24.6 Å². The summed E-state index contributed by atoms with van der Waals surface area (Å²) in [6.07, 6.45) is 12.9. The summed E-state index contributed by atoms with van der Waals surface area (Å²) in [6.45, 7) is 5.47. The van der Waals surface area contributed by atoms with Crippen LogP contribution < -0.4 is 5.32 Å². The molecule has 3 aliphatic rings. The first-order valence-corrected chi connectivity index (χ1v) is 9.69. The highest BCUT2D eigenvalue weighted by Gasteiger charge is 2.40. The molecule has 0 aliphatic carbocycles. The van der Waals surface area contributed by atoms with E-state index in [-0.39, 0.29) is 9.59 Å². The summed E-state index contributed by atoms with van der Waals surface area (Å²) in [6, 6.07) is 0.244. The Morgan fingerprint density at radius 1 is 1.48 bits per heavy atom. The van der Waals surface area contributed by atoms with Gasteiger partial charge >= 0.3 is 0 Å². The molecule has 6 heteroatoms. The van der Waals surface area contributed by atoms with Gasteiger partial charge in [0.25, 0.3) is 0 Å². The summed E-state index contributed by atoms with van der Waals surface area (Å²) in [5.74, 6) is 1.48. The molecule has 0 saturated carbocycles. The number of nitrogens with one attached hydrogen (secondary N) is 2. The maximum atomic E-state index is 8.21. The fourth-order valence-corrected chi connectivity index (χ4v) is 4.94. The second kappa shape index (κ2) is 6.83. The SMILES string of the molecule is CCCC1(I)CCCCN1C1=NC(C)CC=C2C(=N)NC=CN21. The Balaban J connectivity index is 2.01. The second-order valence-corrected chi connectivity index (χ2v) is 8.59. The number of halogens is 1. The van der Waals surface area contributed by atoms with Crippen molar-refractivity contribution in [3.8, 4) is 0 Å². The molecule has 5 nitrogen and oxygen atoms in total. The van der Waals surface area contributed by atoms with E-state index in [2.05, 4.69) is 57.6 Å². The zero-order valence-electron chi connectivity index (χ0n) is 14.0. The maximum absolute atomic E-state index is 8.21. The van der Waals surface area contributed by atoms with Gasteiger partial charge in [-0.25, -0.2) is 4.99 Å². The lowest BCUT2D eigenvalue weighted by Crippen LogP contribution is -2.56. The van der Waals surface area contributed by atoms with Crippen LogP contribution in [0, 0.1) is 5.41 Å². The van der Waals surface area contributed by atoms with Crippen molar-refractivity contribution in [2.75, 3.05) is 6.54 Å². The minimum absolute atomic E-state index is 0.139. The number of rotatable bonds is 2. The van der Waals surface area contributed by atoms with Crippen molar-refractivity contribution in [3.05, 3.63) is 24.2 Å². The molecule has 0 aromatic carbocycles. The summed E-state index contributed by atoms with van der Waals surface area (Å²) in [5.41, 5.74) is 0.927. The van der Waals surface area contributed by atoms with Gasteiger partial charge in [0.15, 0.2) is 0 Å². The molecule has 1 saturated heterocycles. The van der Waals surface area contributed by atoms with E-state index in [1.165, 1.54) is 32.1 Å². The van der Waals surface area contributed by atoms with Crippen LogP contribution in [0.2, 0.25) is 0 Å². The number of guanidine groups is 1. The molecule has 1 fully saturated rings. The Morgan fingerprint density at radius 2 is 2.30 bits per heavy atom. The summed E-state index contributed by atoms with van der Waals surface area (Å²) in [7, 11) is 0. The number of fused-ring (bicyclic) bond motifs is 1. The number of piperidine rings is 1. The van der Waals surface area contributed by atoms with Gasteiger partial charge in [-0.2, -0.15) is 0 Å². The van der Waals surface area contributed by atoms with Crippen LogP contribution in [0.1, 0.15) is 52.4 Å². The van der Waals surface area contributed by atoms with Crippen molar-refractivity contribution in [1.82, 2.24) is 15.1 Å². The molecule has 0 spiro atoms. The molecule has 3 rings (SSSR count). The molecule has 3 heterocycles. The third kappa shape index (κ3) is 3.27. The molecule has 0 bridgehead atoms. The van der Waals surface area contributed by atoms with Gasteiger partial charge in [0.1, 0.15) is 5.84 Å². The predicted molar refractivity (Wildman–Crippen MR) is 104 cm³/mol. The number of alkyl halides is 1. The first-order chi connectivity index (χ1) is 11.0. The first kappa shape index (κ1) is 16.8. The molecular weight excluding hydrogens is 401 g/mol. The van der Waals surface area contributed by atoms with Crippen LogP contribution >= 0.6 is 22.6 Å². The Bertz CT molecular complexity index is 563. The molecule has 3 aliphatic heterocycles. The first-order valence-electron chi connectivity index (χ1n) is 8.61. The van der Waals surface area contributed by atoms with Crippen molar-refractivity contribution in [2.24, 2.45) is 4.99 Å². The molecule has 0 aromatic heterocycles. The lowest BCUT2D eigenvalue weighted by atomic mass is 9.98. The maximum Gasteiger partial charge on any atom is 0.206 e. The van der Waals surface area contributed by atoms with Crippen molar-refractivity contribution >= 4 is 34.4 Å². The minimum atomic E-state index is 0.139. The zero-order chi connectivity index (χ0) is 16.4. The minimum Gasteiger partial charge on any atom is -0.344 e. The summed E-state index contributed by atoms with van der Waals surface area (Å²) in [4.78, 5) is 9.64. The fourth-order valence-electron chi connectivity index (χ4n) is 3.56. The largest absolute Gasteiger partial charge is 0.344 e. The average Bonchev–Trinajstić information content (AvgIpc) is 2.68. The lowest BCUT2D eigenvalue weighted by molar-refractivity contribution is 0.197. The third-order valence-electron chi connectivity index (χ3n) is 4.72. The Kier molecular flexibility index (Phi) is 4.98. The van der Waals surface area contributed by atoms with Crippen LogP contribution in [-0.4, -0.2) is 37.7 Å². The molecular formula is C17H26IN5. The van der Waals surface area contributed by atoms with Crippen molar-refractivity contribution in [3.63, 3.8) is 0 Å². The van der Waals surface area contributed by atoms with E-state index in [4.69, 9.17) is 10.4 Å². The third-order valence-corrected chi connectivity index (χ3v) is 6.38. The van der Waals surface area contributed by atoms with Crippen molar-refractivity contribution < 1.29 is 0 Å².